The van der Waals surface area contributed by atoms with Gasteiger partial charge in [-0.1, -0.05) is 30.3 Å². The molecule has 0 bridgehead atoms. The van der Waals surface area contributed by atoms with Gasteiger partial charge in [-0.25, -0.2) is 4.79 Å². The number of hydrogen-bond acceptors (Lipinski definition) is 4. The fourth-order valence-electron chi connectivity index (χ4n) is 3.12. The van der Waals surface area contributed by atoms with E-state index in [1.807, 2.05) is 18.2 Å². The van der Waals surface area contributed by atoms with Crippen LogP contribution in [0, 0.1) is 0 Å². The summed E-state index contributed by atoms with van der Waals surface area (Å²) in [6.07, 6.45) is 0. The Bertz CT molecular complexity index is 1190. The van der Waals surface area contributed by atoms with Crippen molar-refractivity contribution in [2.45, 2.75) is 0 Å². The summed E-state index contributed by atoms with van der Waals surface area (Å²) in [5.74, 6) is -2.19. The van der Waals surface area contributed by atoms with Crippen molar-refractivity contribution in [2.75, 3.05) is 0 Å². The monoisotopic (exact) mass is 347 g/mol. The van der Waals surface area contributed by atoms with Crippen LogP contribution in [0.1, 0.15) is 20.7 Å². The average molecular weight is 347 g/mol. The maximum absolute atomic E-state index is 11.5. The number of carboxylic acids is 1. The summed E-state index contributed by atoms with van der Waals surface area (Å²) in [5, 5.41) is 21.4. The molecule has 1 amide bonds. The van der Waals surface area contributed by atoms with Crippen LogP contribution in [0.5, 0.6) is 5.75 Å². The van der Waals surface area contributed by atoms with Gasteiger partial charge in [-0.3, -0.25) is 4.79 Å². The number of fused-ring (bicyclic) bond motifs is 3. The first kappa shape index (κ1) is 15.7. The van der Waals surface area contributed by atoms with Crippen molar-refractivity contribution >= 4 is 33.8 Å². The van der Waals surface area contributed by atoms with E-state index < -0.39 is 11.9 Å². The maximum atomic E-state index is 11.5. The molecule has 6 heteroatoms. The molecule has 0 aliphatic rings. The predicted octanol–water partition coefficient (Wildman–Crippen LogP) is 3.76. The molecule has 0 spiro atoms. The highest BCUT2D eigenvalue weighted by Crippen LogP contribution is 2.43. The van der Waals surface area contributed by atoms with E-state index in [1.54, 1.807) is 18.2 Å². The maximum Gasteiger partial charge on any atom is 0.339 e. The number of amides is 1. The fourth-order valence-corrected chi connectivity index (χ4v) is 3.12. The normalized spacial score (nSPS) is 11.1. The lowest BCUT2D eigenvalue weighted by molar-refractivity contribution is 0.0693. The molecular weight excluding hydrogens is 334 g/mol. The number of aromatic carboxylic acids is 1. The molecule has 0 fully saturated rings. The SMILES string of the molecule is NC(=O)c1ccc(-c2c(O)c(C(=O)O)cc3oc4ccccc4c23)cc1. The lowest BCUT2D eigenvalue weighted by Crippen LogP contribution is -2.10. The molecule has 4 rings (SSSR count). The molecule has 0 aliphatic heterocycles. The van der Waals surface area contributed by atoms with Gasteiger partial charge in [0.15, 0.2) is 0 Å². The van der Waals surface area contributed by atoms with Crippen molar-refractivity contribution in [1.29, 1.82) is 0 Å². The van der Waals surface area contributed by atoms with E-state index in [0.29, 0.717) is 33.2 Å². The number of hydrogen-bond donors (Lipinski definition) is 3. The largest absolute Gasteiger partial charge is 0.506 e. The van der Waals surface area contributed by atoms with E-state index in [4.69, 9.17) is 10.2 Å². The molecule has 0 aliphatic carbocycles. The minimum absolute atomic E-state index is 0.259. The first-order valence-electron chi connectivity index (χ1n) is 7.78. The third-order valence-electron chi connectivity index (χ3n) is 4.33. The number of carbonyl (C=O) groups excluding carboxylic acids is 1. The fraction of sp³-hybridized carbons (Fsp3) is 0. The average Bonchev–Trinajstić information content (AvgIpc) is 2.99. The quantitative estimate of drug-likeness (QED) is 0.522. The van der Waals surface area contributed by atoms with Crippen LogP contribution in [0.25, 0.3) is 33.1 Å². The minimum Gasteiger partial charge on any atom is -0.506 e. The molecule has 4 aromatic rings. The van der Waals surface area contributed by atoms with Gasteiger partial charge >= 0.3 is 5.97 Å². The van der Waals surface area contributed by atoms with Crippen LogP contribution in [0.4, 0.5) is 0 Å². The van der Waals surface area contributed by atoms with E-state index >= 15 is 0 Å². The summed E-state index contributed by atoms with van der Waals surface area (Å²) in [7, 11) is 0. The van der Waals surface area contributed by atoms with E-state index in [-0.39, 0.29) is 11.3 Å². The molecule has 0 unspecified atom stereocenters. The van der Waals surface area contributed by atoms with Gasteiger partial charge in [0.05, 0.1) is 0 Å². The summed E-state index contributed by atoms with van der Waals surface area (Å²) >= 11 is 0. The van der Waals surface area contributed by atoms with Crippen molar-refractivity contribution in [1.82, 2.24) is 0 Å². The Morgan fingerprint density at radius 2 is 1.65 bits per heavy atom. The Balaban J connectivity index is 2.12. The molecule has 0 radical (unpaired) electrons. The van der Waals surface area contributed by atoms with Crippen molar-refractivity contribution in [2.24, 2.45) is 5.73 Å². The summed E-state index contributed by atoms with van der Waals surface area (Å²) in [6, 6.07) is 14.8. The number of primary amides is 1. The number of para-hydroxylation sites is 1. The number of benzene rings is 3. The van der Waals surface area contributed by atoms with Gasteiger partial charge in [0.25, 0.3) is 0 Å². The summed E-state index contributed by atoms with van der Waals surface area (Å²) in [5.41, 5.74) is 7.14. The lowest BCUT2D eigenvalue weighted by atomic mass is 9.95. The van der Waals surface area contributed by atoms with Crippen LogP contribution in [0.3, 0.4) is 0 Å². The molecular formula is C20H13NO5. The van der Waals surface area contributed by atoms with Crippen molar-refractivity contribution in [3.8, 4) is 16.9 Å². The van der Waals surface area contributed by atoms with Crippen LogP contribution >= 0.6 is 0 Å². The molecule has 26 heavy (non-hydrogen) atoms. The number of carbonyl (C=O) groups is 2. The lowest BCUT2D eigenvalue weighted by Gasteiger charge is -2.10. The first-order valence-corrected chi connectivity index (χ1v) is 7.78. The second kappa shape index (κ2) is 5.63. The molecule has 3 aromatic carbocycles. The van der Waals surface area contributed by atoms with Gasteiger partial charge in [0.2, 0.25) is 5.91 Å². The Labute approximate surface area is 147 Å². The molecule has 1 aromatic heterocycles. The predicted molar refractivity (Wildman–Crippen MR) is 96.3 cm³/mol. The molecule has 0 saturated carbocycles. The Kier molecular flexibility index (Phi) is 3.40. The van der Waals surface area contributed by atoms with Crippen LogP contribution in [-0.2, 0) is 0 Å². The van der Waals surface area contributed by atoms with Crippen LogP contribution < -0.4 is 5.73 Å². The second-order valence-electron chi connectivity index (χ2n) is 5.87. The number of nitrogens with two attached hydrogens (primary N) is 1. The summed E-state index contributed by atoms with van der Waals surface area (Å²) < 4.78 is 5.77. The number of furan rings is 1. The number of rotatable bonds is 3. The number of aromatic hydroxyl groups is 1. The Morgan fingerprint density at radius 1 is 0.962 bits per heavy atom. The number of phenols is 1. The smallest absolute Gasteiger partial charge is 0.339 e. The van der Waals surface area contributed by atoms with E-state index in [1.165, 1.54) is 18.2 Å². The summed E-state index contributed by atoms with van der Waals surface area (Å²) in [6.45, 7) is 0. The molecule has 1 heterocycles. The van der Waals surface area contributed by atoms with Gasteiger partial charge in [0.1, 0.15) is 22.5 Å². The van der Waals surface area contributed by atoms with Crippen molar-refractivity contribution < 1.29 is 24.2 Å². The topological polar surface area (TPSA) is 114 Å². The van der Waals surface area contributed by atoms with Gasteiger partial charge in [0, 0.05) is 21.9 Å². The standard InChI is InChI=1S/C20H13NO5/c21-19(23)11-7-5-10(6-8-11)16-17-12-3-1-2-4-14(12)26-15(17)9-13(18(16)22)20(24)25/h1-9,22H,(H2,21,23)(H,24,25). The van der Waals surface area contributed by atoms with Crippen LogP contribution in [0.15, 0.2) is 59.0 Å². The molecule has 0 saturated heterocycles. The van der Waals surface area contributed by atoms with Crippen LogP contribution in [-0.4, -0.2) is 22.1 Å². The van der Waals surface area contributed by atoms with Crippen molar-refractivity contribution in [3.63, 3.8) is 0 Å². The first-order chi connectivity index (χ1) is 12.5. The third kappa shape index (κ3) is 2.28. The van der Waals surface area contributed by atoms with Crippen molar-refractivity contribution in [3.05, 3.63) is 65.7 Å². The molecule has 128 valence electrons. The highest BCUT2D eigenvalue weighted by molar-refractivity contribution is 6.16. The van der Waals surface area contributed by atoms with Gasteiger partial charge in [-0.15, -0.1) is 0 Å². The van der Waals surface area contributed by atoms with E-state index in [9.17, 15) is 19.8 Å². The minimum atomic E-state index is -1.26. The second-order valence-corrected chi connectivity index (χ2v) is 5.87. The molecule has 0 atom stereocenters. The van der Waals surface area contributed by atoms with Gasteiger partial charge in [-0.2, -0.15) is 0 Å². The highest BCUT2D eigenvalue weighted by Gasteiger charge is 2.22. The zero-order valence-corrected chi connectivity index (χ0v) is 13.4. The Hall–Kier alpha value is -3.80. The zero-order valence-electron chi connectivity index (χ0n) is 13.4. The van der Waals surface area contributed by atoms with Crippen LogP contribution in [0.2, 0.25) is 0 Å². The zero-order chi connectivity index (χ0) is 18.4. The van der Waals surface area contributed by atoms with Gasteiger partial charge in [-0.05, 0) is 29.8 Å². The number of carboxylic acid groups (broad SMARTS) is 1. The van der Waals surface area contributed by atoms with Gasteiger partial charge < -0.3 is 20.4 Å². The third-order valence-corrected chi connectivity index (χ3v) is 4.33. The van der Waals surface area contributed by atoms with E-state index in [2.05, 4.69) is 0 Å². The molecule has 4 N–H and O–H groups in total. The van der Waals surface area contributed by atoms with E-state index in [0.717, 1.165) is 5.39 Å². The highest BCUT2D eigenvalue weighted by atomic mass is 16.4. The molecule has 6 nitrogen and oxygen atoms in total. The Morgan fingerprint density at radius 3 is 2.31 bits per heavy atom. The summed E-state index contributed by atoms with van der Waals surface area (Å²) in [4.78, 5) is 22.8.